The number of amides is 1. The standard InChI is InChI=1S/C14H27NO4/c1-10(2)9-11(3)15(8-7-12(16)17)13(18)19-14(4,5)6/h10-11H,7-9H2,1-6H3,(H,16,17). The molecule has 5 nitrogen and oxygen atoms in total. The Labute approximate surface area is 115 Å². The third-order valence-electron chi connectivity index (χ3n) is 2.54. The van der Waals surface area contributed by atoms with Crippen LogP contribution in [0.1, 0.15) is 54.4 Å². The van der Waals surface area contributed by atoms with E-state index in [2.05, 4.69) is 13.8 Å². The van der Waals surface area contributed by atoms with Crippen molar-refractivity contribution in [1.82, 2.24) is 4.90 Å². The Kier molecular flexibility index (Phi) is 6.87. The second-order valence-corrected chi connectivity index (χ2v) is 6.30. The predicted molar refractivity (Wildman–Crippen MR) is 74.1 cm³/mol. The zero-order valence-electron chi connectivity index (χ0n) is 12.9. The predicted octanol–water partition coefficient (Wildman–Crippen LogP) is 3.13. The number of hydrogen-bond donors (Lipinski definition) is 1. The largest absolute Gasteiger partial charge is 0.481 e. The first kappa shape index (κ1) is 17.7. The number of ether oxygens (including phenoxy) is 1. The average molecular weight is 273 g/mol. The first-order valence-corrected chi connectivity index (χ1v) is 6.74. The Bertz CT molecular complexity index is 307. The molecular weight excluding hydrogens is 246 g/mol. The maximum absolute atomic E-state index is 12.1. The maximum Gasteiger partial charge on any atom is 0.410 e. The molecule has 0 aliphatic heterocycles. The van der Waals surface area contributed by atoms with Crippen LogP contribution in [0.2, 0.25) is 0 Å². The lowest BCUT2D eigenvalue weighted by atomic mass is 10.0. The fraction of sp³-hybridized carbons (Fsp3) is 0.857. The van der Waals surface area contributed by atoms with Crippen molar-refractivity contribution in [2.24, 2.45) is 5.92 Å². The first-order chi connectivity index (χ1) is 8.53. The van der Waals surface area contributed by atoms with Crippen LogP contribution in [0.5, 0.6) is 0 Å². The summed E-state index contributed by atoms with van der Waals surface area (Å²) in [4.78, 5) is 24.3. The molecule has 0 aliphatic carbocycles. The van der Waals surface area contributed by atoms with Crippen LogP contribution in [-0.4, -0.2) is 40.3 Å². The van der Waals surface area contributed by atoms with E-state index in [1.807, 2.05) is 6.92 Å². The van der Waals surface area contributed by atoms with E-state index in [0.717, 1.165) is 6.42 Å². The molecule has 0 aromatic heterocycles. The molecule has 0 aromatic carbocycles. The normalized spacial score (nSPS) is 13.2. The fourth-order valence-corrected chi connectivity index (χ4v) is 1.84. The van der Waals surface area contributed by atoms with E-state index in [1.165, 1.54) is 4.90 Å². The number of nitrogens with zero attached hydrogens (tertiary/aromatic N) is 1. The van der Waals surface area contributed by atoms with Gasteiger partial charge in [0.2, 0.25) is 0 Å². The zero-order valence-corrected chi connectivity index (χ0v) is 12.9. The van der Waals surface area contributed by atoms with Crippen molar-refractivity contribution in [1.29, 1.82) is 0 Å². The van der Waals surface area contributed by atoms with Crippen molar-refractivity contribution < 1.29 is 19.4 Å². The monoisotopic (exact) mass is 273 g/mol. The molecule has 0 heterocycles. The van der Waals surface area contributed by atoms with Gasteiger partial charge in [-0.1, -0.05) is 13.8 Å². The minimum atomic E-state index is -0.912. The van der Waals surface area contributed by atoms with Crippen LogP contribution in [0.3, 0.4) is 0 Å². The number of aliphatic carboxylic acids is 1. The number of hydrogen-bond acceptors (Lipinski definition) is 3. The minimum absolute atomic E-state index is 0.0331. The number of carbonyl (C=O) groups is 2. The topological polar surface area (TPSA) is 66.8 Å². The highest BCUT2D eigenvalue weighted by Crippen LogP contribution is 2.16. The number of carbonyl (C=O) groups excluding carboxylic acids is 1. The maximum atomic E-state index is 12.1. The highest BCUT2D eigenvalue weighted by molar-refractivity contribution is 5.71. The molecule has 1 unspecified atom stereocenters. The van der Waals surface area contributed by atoms with Gasteiger partial charge in [-0.05, 0) is 40.0 Å². The molecule has 5 heteroatoms. The molecule has 1 amide bonds. The molecule has 0 radical (unpaired) electrons. The van der Waals surface area contributed by atoms with Gasteiger partial charge in [-0.2, -0.15) is 0 Å². The first-order valence-electron chi connectivity index (χ1n) is 6.74. The molecule has 0 bridgehead atoms. The van der Waals surface area contributed by atoms with E-state index in [1.54, 1.807) is 20.8 Å². The van der Waals surface area contributed by atoms with Crippen molar-refractivity contribution >= 4 is 12.1 Å². The minimum Gasteiger partial charge on any atom is -0.481 e. The molecule has 19 heavy (non-hydrogen) atoms. The Balaban J connectivity index is 4.73. The van der Waals surface area contributed by atoms with E-state index >= 15 is 0 Å². The molecule has 0 saturated carbocycles. The highest BCUT2D eigenvalue weighted by atomic mass is 16.6. The van der Waals surface area contributed by atoms with Gasteiger partial charge in [0, 0.05) is 12.6 Å². The van der Waals surface area contributed by atoms with Crippen molar-refractivity contribution in [2.45, 2.75) is 66.0 Å². The van der Waals surface area contributed by atoms with Crippen molar-refractivity contribution in [2.75, 3.05) is 6.54 Å². The van der Waals surface area contributed by atoms with Crippen LogP contribution < -0.4 is 0 Å². The van der Waals surface area contributed by atoms with E-state index in [0.29, 0.717) is 5.92 Å². The molecule has 1 atom stereocenters. The number of carboxylic acid groups (broad SMARTS) is 1. The molecule has 0 saturated heterocycles. The van der Waals surface area contributed by atoms with E-state index in [-0.39, 0.29) is 19.0 Å². The smallest absolute Gasteiger partial charge is 0.410 e. The van der Waals surface area contributed by atoms with E-state index < -0.39 is 17.7 Å². The summed E-state index contributed by atoms with van der Waals surface area (Å²) in [7, 11) is 0. The second-order valence-electron chi connectivity index (χ2n) is 6.30. The van der Waals surface area contributed by atoms with Gasteiger partial charge in [-0.25, -0.2) is 4.79 Å². The molecule has 112 valence electrons. The molecule has 0 rings (SSSR count). The van der Waals surface area contributed by atoms with Gasteiger partial charge in [-0.15, -0.1) is 0 Å². The van der Waals surface area contributed by atoms with Crippen LogP contribution in [0.15, 0.2) is 0 Å². The molecule has 0 aromatic rings. The Hall–Kier alpha value is -1.26. The van der Waals surface area contributed by atoms with Crippen LogP contribution in [-0.2, 0) is 9.53 Å². The van der Waals surface area contributed by atoms with E-state index in [9.17, 15) is 9.59 Å². The van der Waals surface area contributed by atoms with Crippen molar-refractivity contribution in [3.05, 3.63) is 0 Å². The molecule has 0 spiro atoms. The van der Waals surface area contributed by atoms with E-state index in [4.69, 9.17) is 9.84 Å². The Morgan fingerprint density at radius 2 is 1.74 bits per heavy atom. The Morgan fingerprint density at radius 1 is 1.21 bits per heavy atom. The summed E-state index contributed by atoms with van der Waals surface area (Å²) in [5, 5.41) is 8.76. The lowest BCUT2D eigenvalue weighted by molar-refractivity contribution is -0.137. The van der Waals surface area contributed by atoms with Crippen molar-refractivity contribution in [3.63, 3.8) is 0 Å². The molecular formula is C14H27NO4. The van der Waals surface area contributed by atoms with Crippen LogP contribution in [0, 0.1) is 5.92 Å². The second kappa shape index (κ2) is 7.36. The summed E-state index contributed by atoms with van der Waals surface area (Å²) in [6.45, 7) is 11.6. The Morgan fingerprint density at radius 3 is 2.11 bits per heavy atom. The fourth-order valence-electron chi connectivity index (χ4n) is 1.84. The van der Waals surface area contributed by atoms with Gasteiger partial charge in [0.1, 0.15) is 5.60 Å². The summed E-state index contributed by atoms with van der Waals surface area (Å²) in [5.74, 6) is -0.477. The number of rotatable bonds is 6. The quantitative estimate of drug-likeness (QED) is 0.807. The lowest BCUT2D eigenvalue weighted by Crippen LogP contribution is -2.43. The zero-order chi connectivity index (χ0) is 15.2. The summed E-state index contributed by atoms with van der Waals surface area (Å²) in [6, 6.07) is -0.0331. The van der Waals surface area contributed by atoms with Crippen molar-refractivity contribution in [3.8, 4) is 0 Å². The third kappa shape index (κ3) is 8.46. The third-order valence-corrected chi connectivity index (χ3v) is 2.54. The molecule has 1 N–H and O–H groups in total. The van der Waals surface area contributed by atoms with Gasteiger partial charge in [0.05, 0.1) is 6.42 Å². The SMILES string of the molecule is CC(C)CC(C)N(CCC(=O)O)C(=O)OC(C)(C)C. The molecule has 0 aliphatic rings. The summed E-state index contributed by atoms with van der Waals surface area (Å²) >= 11 is 0. The van der Waals surface area contributed by atoms with Gasteiger partial charge in [-0.3, -0.25) is 4.79 Å². The summed E-state index contributed by atoms with van der Waals surface area (Å²) in [5.41, 5.74) is -0.573. The van der Waals surface area contributed by atoms with Gasteiger partial charge >= 0.3 is 12.1 Å². The molecule has 0 fully saturated rings. The average Bonchev–Trinajstić information content (AvgIpc) is 2.12. The summed E-state index contributed by atoms with van der Waals surface area (Å²) in [6.07, 6.45) is 0.308. The highest BCUT2D eigenvalue weighted by Gasteiger charge is 2.26. The van der Waals surface area contributed by atoms with Crippen LogP contribution >= 0.6 is 0 Å². The van der Waals surface area contributed by atoms with Gasteiger partial charge in [0.15, 0.2) is 0 Å². The van der Waals surface area contributed by atoms with Crippen LogP contribution in [0.25, 0.3) is 0 Å². The summed E-state index contributed by atoms with van der Waals surface area (Å²) < 4.78 is 5.33. The number of carboxylic acids is 1. The van der Waals surface area contributed by atoms with Crippen LogP contribution in [0.4, 0.5) is 4.79 Å². The van der Waals surface area contributed by atoms with Gasteiger partial charge < -0.3 is 14.7 Å². The van der Waals surface area contributed by atoms with Gasteiger partial charge in [0.25, 0.3) is 0 Å². The lowest BCUT2D eigenvalue weighted by Gasteiger charge is -2.32.